The highest BCUT2D eigenvalue weighted by molar-refractivity contribution is 6.35. The molecule has 3 aromatic heterocycles. The standard InChI is InChI=1S/C25H25Cl2N5O/c1-15-20(16(2)32(30-15)23-6-5-18(26)12-22(23)27)13-24(33)31-10-7-17(8-11-31)21-14-29-25-19(21)4-3-9-28-25/h3-6,9,12,14,17H,7-8,10-11,13H2,1-2H3,(H,28,29). The van der Waals surface area contributed by atoms with Gasteiger partial charge in [0.25, 0.3) is 0 Å². The number of nitrogens with one attached hydrogen (secondary N) is 1. The van der Waals surface area contributed by atoms with Gasteiger partial charge in [-0.3, -0.25) is 4.79 Å². The molecule has 1 aromatic carbocycles. The molecule has 0 radical (unpaired) electrons. The van der Waals surface area contributed by atoms with Crippen molar-refractivity contribution in [1.29, 1.82) is 0 Å². The number of rotatable bonds is 4. The van der Waals surface area contributed by atoms with E-state index in [1.165, 1.54) is 10.9 Å². The van der Waals surface area contributed by atoms with Crippen LogP contribution in [0.15, 0.2) is 42.7 Å². The van der Waals surface area contributed by atoms with Crippen LogP contribution >= 0.6 is 23.2 Å². The molecule has 0 atom stereocenters. The van der Waals surface area contributed by atoms with E-state index in [2.05, 4.69) is 27.3 Å². The van der Waals surface area contributed by atoms with Gasteiger partial charge in [-0.05, 0) is 68.5 Å². The number of aromatic nitrogens is 4. The normalized spacial score (nSPS) is 14.8. The fourth-order valence-corrected chi connectivity index (χ4v) is 5.32. The molecule has 5 rings (SSSR count). The highest BCUT2D eigenvalue weighted by Gasteiger charge is 2.27. The average molecular weight is 482 g/mol. The summed E-state index contributed by atoms with van der Waals surface area (Å²) in [7, 11) is 0. The molecular formula is C25H25Cl2N5O. The molecule has 4 aromatic rings. The molecule has 1 fully saturated rings. The van der Waals surface area contributed by atoms with E-state index in [0.717, 1.165) is 54.2 Å². The smallest absolute Gasteiger partial charge is 0.227 e. The van der Waals surface area contributed by atoms with Gasteiger partial charge in [0.1, 0.15) is 5.65 Å². The number of hydrogen-bond acceptors (Lipinski definition) is 3. The summed E-state index contributed by atoms with van der Waals surface area (Å²) in [6.45, 7) is 5.43. The second-order valence-corrected chi connectivity index (χ2v) is 9.48. The summed E-state index contributed by atoms with van der Waals surface area (Å²) >= 11 is 12.4. The average Bonchev–Trinajstić information content (AvgIpc) is 3.36. The molecule has 33 heavy (non-hydrogen) atoms. The fourth-order valence-electron chi connectivity index (χ4n) is 4.84. The van der Waals surface area contributed by atoms with E-state index >= 15 is 0 Å². The number of piperidine rings is 1. The molecule has 1 saturated heterocycles. The van der Waals surface area contributed by atoms with Crippen molar-refractivity contribution in [2.75, 3.05) is 13.1 Å². The van der Waals surface area contributed by atoms with E-state index in [0.29, 0.717) is 22.4 Å². The number of pyridine rings is 1. The third-order valence-corrected chi connectivity index (χ3v) is 7.22. The van der Waals surface area contributed by atoms with E-state index in [-0.39, 0.29) is 5.91 Å². The fraction of sp³-hybridized carbons (Fsp3) is 0.320. The summed E-state index contributed by atoms with van der Waals surface area (Å²) in [6, 6.07) is 9.43. The lowest BCUT2D eigenvalue weighted by Crippen LogP contribution is -2.38. The lowest BCUT2D eigenvalue weighted by Gasteiger charge is -2.32. The highest BCUT2D eigenvalue weighted by atomic mass is 35.5. The largest absolute Gasteiger partial charge is 0.346 e. The topological polar surface area (TPSA) is 66.8 Å². The first kappa shape index (κ1) is 22.0. The van der Waals surface area contributed by atoms with Crippen molar-refractivity contribution in [3.8, 4) is 5.69 Å². The van der Waals surface area contributed by atoms with E-state index in [9.17, 15) is 4.79 Å². The van der Waals surface area contributed by atoms with Crippen molar-refractivity contribution in [2.24, 2.45) is 0 Å². The molecule has 0 aliphatic carbocycles. The van der Waals surface area contributed by atoms with Crippen LogP contribution in [0.3, 0.4) is 0 Å². The first-order chi connectivity index (χ1) is 15.9. The molecule has 0 saturated carbocycles. The van der Waals surface area contributed by atoms with Crippen LogP contribution in [0, 0.1) is 13.8 Å². The first-order valence-electron chi connectivity index (χ1n) is 11.1. The molecular weight excluding hydrogens is 457 g/mol. The maximum absolute atomic E-state index is 13.2. The quantitative estimate of drug-likeness (QED) is 0.411. The lowest BCUT2D eigenvalue weighted by molar-refractivity contribution is -0.131. The zero-order valence-electron chi connectivity index (χ0n) is 18.6. The second-order valence-electron chi connectivity index (χ2n) is 8.63. The molecule has 1 aliphatic rings. The Morgan fingerprint density at radius 3 is 2.73 bits per heavy atom. The Balaban J connectivity index is 1.28. The molecule has 6 nitrogen and oxygen atoms in total. The van der Waals surface area contributed by atoms with Gasteiger partial charge in [0.2, 0.25) is 5.91 Å². The second kappa shape index (κ2) is 8.84. The summed E-state index contributed by atoms with van der Waals surface area (Å²) in [4.78, 5) is 22.8. The number of H-pyrrole nitrogens is 1. The maximum Gasteiger partial charge on any atom is 0.227 e. The molecule has 170 valence electrons. The maximum atomic E-state index is 13.2. The summed E-state index contributed by atoms with van der Waals surface area (Å²) in [6.07, 6.45) is 6.11. The van der Waals surface area contributed by atoms with Crippen molar-refractivity contribution in [1.82, 2.24) is 24.6 Å². The molecule has 1 N–H and O–H groups in total. The van der Waals surface area contributed by atoms with Gasteiger partial charge in [-0.15, -0.1) is 0 Å². The number of amides is 1. The van der Waals surface area contributed by atoms with Gasteiger partial charge in [-0.1, -0.05) is 23.2 Å². The van der Waals surface area contributed by atoms with Crippen molar-refractivity contribution in [2.45, 2.75) is 39.0 Å². The zero-order chi connectivity index (χ0) is 23.1. The van der Waals surface area contributed by atoms with Crippen molar-refractivity contribution in [3.63, 3.8) is 0 Å². The molecule has 1 amide bonds. The monoisotopic (exact) mass is 481 g/mol. The van der Waals surface area contributed by atoms with Gasteiger partial charge in [0.05, 0.1) is 22.8 Å². The van der Waals surface area contributed by atoms with Crippen LogP contribution < -0.4 is 0 Å². The van der Waals surface area contributed by atoms with Crippen LogP contribution in [0.2, 0.25) is 10.0 Å². The van der Waals surface area contributed by atoms with Gasteiger partial charge >= 0.3 is 0 Å². The van der Waals surface area contributed by atoms with Crippen molar-refractivity contribution >= 4 is 40.1 Å². The molecule has 1 aliphatic heterocycles. The minimum Gasteiger partial charge on any atom is -0.346 e. The minimum absolute atomic E-state index is 0.141. The number of nitrogens with zero attached hydrogens (tertiary/aromatic N) is 4. The Bertz CT molecular complexity index is 1330. The third kappa shape index (κ3) is 4.13. The summed E-state index contributed by atoms with van der Waals surface area (Å²) < 4.78 is 1.80. The summed E-state index contributed by atoms with van der Waals surface area (Å²) in [5, 5.41) is 6.94. The van der Waals surface area contributed by atoms with Gasteiger partial charge in [0.15, 0.2) is 0 Å². The lowest BCUT2D eigenvalue weighted by atomic mass is 9.89. The molecule has 4 heterocycles. The Morgan fingerprint density at radius 1 is 1.18 bits per heavy atom. The third-order valence-electron chi connectivity index (χ3n) is 6.68. The van der Waals surface area contributed by atoms with Gasteiger partial charge in [0, 0.05) is 47.1 Å². The number of hydrogen-bond donors (Lipinski definition) is 1. The van der Waals surface area contributed by atoms with Gasteiger partial charge in [-0.2, -0.15) is 5.10 Å². The van der Waals surface area contributed by atoms with Crippen LogP contribution in [0.5, 0.6) is 0 Å². The number of benzene rings is 1. The number of carbonyl (C=O) groups excluding carboxylic acids is 1. The number of fused-ring (bicyclic) bond motifs is 1. The van der Waals surface area contributed by atoms with Crippen molar-refractivity contribution < 1.29 is 4.79 Å². The number of likely N-dealkylation sites (tertiary alicyclic amines) is 1. The number of aryl methyl sites for hydroxylation is 1. The molecule has 0 unspecified atom stereocenters. The van der Waals surface area contributed by atoms with Crippen LogP contribution in [0.4, 0.5) is 0 Å². The Morgan fingerprint density at radius 2 is 1.97 bits per heavy atom. The number of aromatic amines is 1. The molecule has 0 spiro atoms. The van der Waals surface area contributed by atoms with Crippen LogP contribution in [0.25, 0.3) is 16.7 Å². The van der Waals surface area contributed by atoms with Crippen LogP contribution in [0.1, 0.15) is 41.3 Å². The summed E-state index contributed by atoms with van der Waals surface area (Å²) in [5.41, 5.74) is 5.71. The minimum atomic E-state index is 0.141. The predicted molar refractivity (Wildman–Crippen MR) is 131 cm³/mol. The predicted octanol–water partition coefficient (Wildman–Crippen LogP) is 5.62. The number of halogens is 2. The molecule has 0 bridgehead atoms. The summed E-state index contributed by atoms with van der Waals surface area (Å²) in [5.74, 6) is 0.576. The van der Waals surface area contributed by atoms with E-state index in [1.807, 2.05) is 30.9 Å². The van der Waals surface area contributed by atoms with Gasteiger partial charge < -0.3 is 9.88 Å². The van der Waals surface area contributed by atoms with Crippen LogP contribution in [-0.4, -0.2) is 43.6 Å². The van der Waals surface area contributed by atoms with Gasteiger partial charge in [-0.25, -0.2) is 9.67 Å². The Hall–Kier alpha value is -2.83. The highest BCUT2D eigenvalue weighted by Crippen LogP contribution is 2.33. The van der Waals surface area contributed by atoms with Crippen LogP contribution in [-0.2, 0) is 11.2 Å². The Kier molecular flexibility index (Phi) is 5.89. The van der Waals surface area contributed by atoms with E-state index < -0.39 is 0 Å². The van der Waals surface area contributed by atoms with E-state index in [4.69, 9.17) is 23.2 Å². The SMILES string of the molecule is Cc1nn(-c2ccc(Cl)cc2Cl)c(C)c1CC(=O)N1CCC(c2c[nH]c3ncccc23)CC1. The zero-order valence-corrected chi connectivity index (χ0v) is 20.1. The Labute approximate surface area is 202 Å². The number of carbonyl (C=O) groups is 1. The van der Waals surface area contributed by atoms with Crippen molar-refractivity contribution in [3.05, 3.63) is 75.3 Å². The first-order valence-corrected chi connectivity index (χ1v) is 11.9. The van der Waals surface area contributed by atoms with E-state index in [1.54, 1.807) is 23.0 Å². The molecule has 8 heteroatoms.